The Morgan fingerprint density at radius 1 is 1.50 bits per heavy atom. The molecule has 0 aromatic carbocycles. The van der Waals surface area contributed by atoms with Gasteiger partial charge in [-0.25, -0.2) is 8.42 Å². The quantitative estimate of drug-likeness (QED) is 0.884. The molecule has 2 rings (SSSR count). The van der Waals surface area contributed by atoms with E-state index in [-0.39, 0.29) is 11.4 Å². The highest BCUT2D eigenvalue weighted by Gasteiger charge is 2.42. The van der Waals surface area contributed by atoms with E-state index in [0.29, 0.717) is 23.9 Å². The lowest BCUT2D eigenvalue weighted by Gasteiger charge is -2.36. The van der Waals surface area contributed by atoms with E-state index in [1.54, 1.807) is 6.92 Å². The van der Waals surface area contributed by atoms with Crippen LogP contribution < -0.4 is 0 Å². The van der Waals surface area contributed by atoms with Crippen molar-refractivity contribution in [3.05, 3.63) is 22.9 Å². The van der Waals surface area contributed by atoms with Crippen LogP contribution in [0.2, 0.25) is 0 Å². The standard InChI is InChI=1S/C12H15BrN2O4S/c1-12(11(16)17)3-2-4-15(8-12)20(18,19)10-5-9(13)6-14-7-10/h5-7H,2-4,8H2,1H3,(H,16,17). The van der Waals surface area contributed by atoms with E-state index in [1.165, 1.54) is 22.8 Å². The molecule has 0 aliphatic carbocycles. The van der Waals surface area contributed by atoms with Crippen LogP contribution in [0.25, 0.3) is 0 Å². The molecule has 6 nitrogen and oxygen atoms in total. The number of hydrogen-bond acceptors (Lipinski definition) is 4. The van der Waals surface area contributed by atoms with Gasteiger partial charge in [-0.3, -0.25) is 9.78 Å². The van der Waals surface area contributed by atoms with Crippen LogP contribution in [0.15, 0.2) is 27.8 Å². The molecular formula is C12H15BrN2O4S. The van der Waals surface area contributed by atoms with E-state index in [2.05, 4.69) is 20.9 Å². The summed E-state index contributed by atoms with van der Waals surface area (Å²) in [7, 11) is -3.71. The maximum absolute atomic E-state index is 12.5. The molecule has 0 bridgehead atoms. The van der Waals surface area contributed by atoms with Crippen molar-refractivity contribution < 1.29 is 18.3 Å². The number of hydrogen-bond donors (Lipinski definition) is 1. The van der Waals surface area contributed by atoms with Gasteiger partial charge in [0.25, 0.3) is 0 Å². The summed E-state index contributed by atoms with van der Waals surface area (Å²) < 4.78 is 26.8. The Hall–Kier alpha value is -0.990. The van der Waals surface area contributed by atoms with Gasteiger partial charge in [0.1, 0.15) is 4.90 Å². The average Bonchev–Trinajstić information content (AvgIpc) is 2.38. The predicted molar refractivity (Wildman–Crippen MR) is 75.7 cm³/mol. The molecule has 1 unspecified atom stereocenters. The summed E-state index contributed by atoms with van der Waals surface area (Å²) in [6, 6.07) is 1.47. The topological polar surface area (TPSA) is 87.6 Å². The van der Waals surface area contributed by atoms with E-state index in [1.807, 2.05) is 0 Å². The molecule has 1 fully saturated rings. The van der Waals surface area contributed by atoms with Crippen LogP contribution in [0.3, 0.4) is 0 Å². The van der Waals surface area contributed by atoms with Gasteiger partial charge >= 0.3 is 5.97 Å². The molecule has 1 saturated heterocycles. The molecule has 0 radical (unpaired) electrons. The average molecular weight is 363 g/mol. The number of carboxylic acids is 1. The third-order valence-electron chi connectivity index (χ3n) is 3.50. The minimum Gasteiger partial charge on any atom is -0.481 e. The number of carboxylic acid groups (broad SMARTS) is 1. The maximum Gasteiger partial charge on any atom is 0.310 e. The van der Waals surface area contributed by atoms with Gasteiger partial charge in [0, 0.05) is 30.0 Å². The Morgan fingerprint density at radius 3 is 2.80 bits per heavy atom. The van der Waals surface area contributed by atoms with E-state index in [4.69, 9.17) is 0 Å². The number of aromatic nitrogens is 1. The molecular weight excluding hydrogens is 348 g/mol. The predicted octanol–water partition coefficient (Wildman–Crippen LogP) is 1.72. The monoisotopic (exact) mass is 362 g/mol. The Labute approximate surface area is 126 Å². The molecule has 20 heavy (non-hydrogen) atoms. The fourth-order valence-corrected chi connectivity index (χ4v) is 4.36. The molecule has 0 spiro atoms. The third-order valence-corrected chi connectivity index (χ3v) is 5.74. The summed E-state index contributed by atoms with van der Waals surface area (Å²) in [5.41, 5.74) is -1.04. The Kier molecular flexibility index (Phi) is 4.17. The van der Waals surface area contributed by atoms with E-state index >= 15 is 0 Å². The van der Waals surface area contributed by atoms with Gasteiger partial charge in [-0.05, 0) is 41.8 Å². The molecule has 1 N–H and O–H groups in total. The lowest BCUT2D eigenvalue weighted by molar-refractivity contribution is -0.150. The Balaban J connectivity index is 2.33. The number of sulfonamides is 1. The zero-order valence-electron chi connectivity index (χ0n) is 10.9. The van der Waals surface area contributed by atoms with Gasteiger partial charge in [-0.15, -0.1) is 0 Å². The Morgan fingerprint density at radius 2 is 2.20 bits per heavy atom. The van der Waals surface area contributed by atoms with Gasteiger partial charge in [0.15, 0.2) is 0 Å². The normalized spacial score (nSPS) is 24.5. The minimum absolute atomic E-state index is 0.0167. The first kappa shape index (κ1) is 15.4. The lowest BCUT2D eigenvalue weighted by Crippen LogP contribution is -2.48. The van der Waals surface area contributed by atoms with Crippen molar-refractivity contribution in [3.63, 3.8) is 0 Å². The van der Waals surface area contributed by atoms with Crippen LogP contribution in [0.4, 0.5) is 0 Å². The van der Waals surface area contributed by atoms with Crippen LogP contribution in [0, 0.1) is 5.41 Å². The second kappa shape index (κ2) is 5.42. The first-order valence-electron chi connectivity index (χ1n) is 6.10. The number of aliphatic carboxylic acids is 1. The smallest absolute Gasteiger partial charge is 0.310 e. The number of pyridine rings is 1. The largest absolute Gasteiger partial charge is 0.481 e. The molecule has 1 aliphatic rings. The van der Waals surface area contributed by atoms with Crippen molar-refractivity contribution in [2.45, 2.75) is 24.7 Å². The van der Waals surface area contributed by atoms with Gasteiger partial charge in [-0.1, -0.05) is 0 Å². The fraction of sp³-hybridized carbons (Fsp3) is 0.500. The fourth-order valence-electron chi connectivity index (χ4n) is 2.26. The molecule has 2 heterocycles. The molecule has 1 aromatic rings. The number of rotatable bonds is 3. The maximum atomic E-state index is 12.5. The zero-order chi connectivity index (χ0) is 15.0. The highest BCUT2D eigenvalue weighted by molar-refractivity contribution is 9.10. The summed E-state index contributed by atoms with van der Waals surface area (Å²) in [6.07, 6.45) is 3.78. The molecule has 1 aliphatic heterocycles. The first-order valence-corrected chi connectivity index (χ1v) is 8.33. The summed E-state index contributed by atoms with van der Waals surface area (Å²) >= 11 is 3.18. The van der Waals surface area contributed by atoms with Crippen LogP contribution in [-0.2, 0) is 14.8 Å². The molecule has 8 heteroatoms. The SMILES string of the molecule is CC1(C(=O)O)CCCN(S(=O)(=O)c2cncc(Br)c2)C1. The van der Waals surface area contributed by atoms with E-state index in [0.717, 1.165) is 0 Å². The number of nitrogens with zero attached hydrogens (tertiary/aromatic N) is 2. The van der Waals surface area contributed by atoms with E-state index in [9.17, 15) is 18.3 Å². The number of carbonyl (C=O) groups is 1. The molecule has 1 aromatic heterocycles. The number of halogens is 1. The lowest BCUT2D eigenvalue weighted by atomic mass is 9.83. The summed E-state index contributed by atoms with van der Waals surface area (Å²) in [5, 5.41) is 9.25. The van der Waals surface area contributed by atoms with Crippen molar-refractivity contribution in [2.24, 2.45) is 5.41 Å². The van der Waals surface area contributed by atoms with Crippen molar-refractivity contribution in [1.29, 1.82) is 0 Å². The van der Waals surface area contributed by atoms with Crippen LogP contribution >= 0.6 is 15.9 Å². The van der Waals surface area contributed by atoms with E-state index < -0.39 is 21.4 Å². The van der Waals surface area contributed by atoms with Gasteiger partial charge < -0.3 is 5.11 Å². The summed E-state index contributed by atoms with van der Waals surface area (Å²) in [4.78, 5) is 15.2. The van der Waals surface area contributed by atoms with Crippen molar-refractivity contribution >= 4 is 31.9 Å². The van der Waals surface area contributed by atoms with Crippen LogP contribution in [0.5, 0.6) is 0 Å². The van der Waals surface area contributed by atoms with Crippen molar-refractivity contribution in [1.82, 2.24) is 9.29 Å². The number of piperidine rings is 1. The molecule has 0 saturated carbocycles. The molecule has 0 amide bonds. The molecule has 1 atom stereocenters. The summed E-state index contributed by atoms with van der Waals surface area (Å²) in [5.74, 6) is -0.968. The van der Waals surface area contributed by atoms with Gasteiger partial charge in [0.2, 0.25) is 10.0 Å². The van der Waals surface area contributed by atoms with Crippen LogP contribution in [-0.4, -0.2) is 41.9 Å². The minimum atomic E-state index is -3.71. The second-order valence-corrected chi connectivity index (χ2v) is 8.00. The highest BCUT2D eigenvalue weighted by atomic mass is 79.9. The van der Waals surface area contributed by atoms with Crippen LogP contribution in [0.1, 0.15) is 19.8 Å². The first-order chi connectivity index (χ1) is 9.25. The Bertz CT molecular complexity index is 634. The third kappa shape index (κ3) is 2.87. The van der Waals surface area contributed by atoms with Gasteiger partial charge in [-0.2, -0.15) is 4.31 Å². The molecule has 110 valence electrons. The van der Waals surface area contributed by atoms with Gasteiger partial charge in [0.05, 0.1) is 5.41 Å². The highest BCUT2D eigenvalue weighted by Crippen LogP contribution is 2.32. The summed E-state index contributed by atoms with van der Waals surface area (Å²) in [6.45, 7) is 1.89. The second-order valence-electron chi connectivity index (χ2n) is 5.15. The van der Waals surface area contributed by atoms with Crippen molar-refractivity contribution in [3.8, 4) is 0 Å². The van der Waals surface area contributed by atoms with Crippen molar-refractivity contribution in [2.75, 3.05) is 13.1 Å². The zero-order valence-corrected chi connectivity index (χ0v) is 13.3.